The Morgan fingerprint density at radius 1 is 0.623 bits per heavy atom. The summed E-state index contributed by atoms with van der Waals surface area (Å²) in [6, 6.07) is 52.9. The van der Waals surface area contributed by atoms with Crippen LogP contribution in [0.3, 0.4) is 0 Å². The second-order valence-electron chi connectivity index (χ2n) is 14.8. The van der Waals surface area contributed by atoms with Gasteiger partial charge in [-0.1, -0.05) is 159 Å². The molecule has 0 saturated heterocycles. The number of aromatic nitrogens is 2. The van der Waals surface area contributed by atoms with Gasteiger partial charge in [-0.05, 0) is 51.7 Å². The van der Waals surface area contributed by atoms with E-state index in [9.17, 15) is 0 Å². The Hall–Kier alpha value is -4.93. The predicted octanol–water partition coefficient (Wildman–Crippen LogP) is 12.6. The third-order valence-corrected chi connectivity index (χ3v) is 12.0. The molecule has 0 aliphatic rings. The van der Waals surface area contributed by atoms with Crippen molar-refractivity contribution >= 4 is 35.2 Å². The Morgan fingerprint density at radius 2 is 1.32 bits per heavy atom. The number of furan rings is 1. The van der Waals surface area contributed by atoms with Crippen LogP contribution >= 0.6 is 0 Å². The number of pyridine rings is 2. The van der Waals surface area contributed by atoms with Crippen LogP contribution in [-0.2, 0) is 20.1 Å². The van der Waals surface area contributed by atoms with Crippen LogP contribution in [0.5, 0.6) is 0 Å². The van der Waals surface area contributed by atoms with E-state index in [0.717, 1.165) is 50.0 Å². The summed E-state index contributed by atoms with van der Waals surface area (Å²) in [5, 5.41) is 3.60. The van der Waals surface area contributed by atoms with Crippen molar-refractivity contribution in [1.82, 2.24) is 9.97 Å². The quantitative estimate of drug-likeness (QED) is 0.118. The van der Waals surface area contributed by atoms with Crippen molar-refractivity contribution in [3.05, 3.63) is 164 Å². The summed E-state index contributed by atoms with van der Waals surface area (Å²) >= 11 is 0. The number of hydrogen-bond donors (Lipinski definition) is 0. The van der Waals surface area contributed by atoms with Crippen LogP contribution in [0.4, 0.5) is 0 Å². The molecule has 0 aliphatic carbocycles. The molecule has 0 spiro atoms. The van der Waals surface area contributed by atoms with Crippen molar-refractivity contribution in [1.29, 1.82) is 0 Å². The molecule has 3 aromatic heterocycles. The zero-order valence-electron chi connectivity index (χ0n) is 31.1. The minimum absolute atomic E-state index is 0. The summed E-state index contributed by atoms with van der Waals surface area (Å²) in [7, 11) is -1.28. The molecular formula is C48H44IrN2OSi-2. The van der Waals surface area contributed by atoms with Crippen LogP contribution in [0.15, 0.2) is 150 Å². The number of benzene rings is 5. The summed E-state index contributed by atoms with van der Waals surface area (Å²) in [6.07, 6.45) is 3.92. The fraction of sp³-hybridized carbons (Fsp3) is 0.167. The van der Waals surface area contributed by atoms with Crippen molar-refractivity contribution in [2.75, 3.05) is 0 Å². The van der Waals surface area contributed by atoms with E-state index in [4.69, 9.17) is 4.42 Å². The predicted molar refractivity (Wildman–Crippen MR) is 221 cm³/mol. The van der Waals surface area contributed by atoms with E-state index < -0.39 is 8.07 Å². The van der Waals surface area contributed by atoms with Crippen molar-refractivity contribution in [3.8, 4) is 44.8 Å². The Bertz CT molecular complexity index is 2410. The van der Waals surface area contributed by atoms with Gasteiger partial charge in [-0.3, -0.25) is 0 Å². The Balaban J connectivity index is 0.000000187. The zero-order valence-corrected chi connectivity index (χ0v) is 34.5. The second kappa shape index (κ2) is 16.4. The molecule has 1 atom stereocenters. The van der Waals surface area contributed by atoms with Gasteiger partial charge in [0.2, 0.25) is 0 Å². The minimum Gasteiger partial charge on any atom is -0.501 e. The molecular weight excluding hydrogens is 841 g/mol. The maximum atomic E-state index is 6.38. The Kier molecular flexibility index (Phi) is 11.7. The second-order valence-corrected chi connectivity index (χ2v) is 19.9. The normalized spacial score (nSPS) is 11.9. The molecule has 1 unspecified atom stereocenters. The van der Waals surface area contributed by atoms with E-state index in [0.29, 0.717) is 11.8 Å². The first kappa shape index (κ1) is 37.8. The van der Waals surface area contributed by atoms with Gasteiger partial charge in [0.25, 0.3) is 0 Å². The van der Waals surface area contributed by atoms with Crippen molar-refractivity contribution in [3.63, 3.8) is 0 Å². The number of rotatable bonds is 7. The van der Waals surface area contributed by atoms with E-state index in [2.05, 4.69) is 172 Å². The molecule has 5 heteroatoms. The molecule has 8 aromatic rings. The molecule has 0 saturated carbocycles. The van der Waals surface area contributed by atoms with Gasteiger partial charge in [0.15, 0.2) is 0 Å². The molecule has 0 bridgehead atoms. The van der Waals surface area contributed by atoms with E-state index in [1.807, 2.05) is 36.7 Å². The van der Waals surface area contributed by atoms with Gasteiger partial charge >= 0.3 is 0 Å². The molecule has 0 N–H and O–H groups in total. The van der Waals surface area contributed by atoms with Crippen LogP contribution in [0.2, 0.25) is 19.6 Å². The summed E-state index contributed by atoms with van der Waals surface area (Å²) in [4.78, 5) is 9.27. The van der Waals surface area contributed by atoms with Crippen LogP contribution in [0.1, 0.15) is 32.3 Å². The first-order valence-corrected chi connectivity index (χ1v) is 21.6. The maximum absolute atomic E-state index is 6.38. The van der Waals surface area contributed by atoms with E-state index in [-0.39, 0.29) is 20.1 Å². The molecule has 3 heterocycles. The van der Waals surface area contributed by atoms with Crippen LogP contribution < -0.4 is 5.19 Å². The summed E-state index contributed by atoms with van der Waals surface area (Å²) < 4.78 is 6.38. The zero-order chi connectivity index (χ0) is 36.2. The first-order chi connectivity index (χ1) is 25.2. The summed E-state index contributed by atoms with van der Waals surface area (Å²) in [5.41, 5.74) is 11.6. The number of nitrogens with zero attached hydrogens (tertiary/aromatic N) is 2. The monoisotopic (exact) mass is 885 g/mol. The fourth-order valence-electron chi connectivity index (χ4n) is 6.38. The molecule has 1 radical (unpaired) electrons. The molecule has 5 aromatic carbocycles. The molecule has 0 amide bonds. The van der Waals surface area contributed by atoms with Gasteiger partial charge in [0.05, 0.1) is 13.7 Å². The number of hydrogen-bond acceptors (Lipinski definition) is 3. The van der Waals surface area contributed by atoms with Gasteiger partial charge < -0.3 is 14.4 Å². The fourth-order valence-corrected chi connectivity index (χ4v) is 7.42. The molecule has 267 valence electrons. The van der Waals surface area contributed by atoms with Crippen molar-refractivity contribution < 1.29 is 24.5 Å². The third kappa shape index (κ3) is 8.50. The maximum Gasteiger partial charge on any atom is 0.121 e. The van der Waals surface area contributed by atoms with Crippen molar-refractivity contribution in [2.45, 2.75) is 46.3 Å². The minimum atomic E-state index is -1.28. The van der Waals surface area contributed by atoms with Gasteiger partial charge in [0, 0.05) is 37.9 Å². The van der Waals surface area contributed by atoms with Crippen LogP contribution in [-0.4, -0.2) is 18.0 Å². The SMILES string of the molecule is CC(C)C(C)c1ccnc(-c2[c-]ccc3c2oc2cc(-c4ccccc4)ccc23)c1.C[Si](C)(C)c1ccc(-c2[c-]cc(-c3ccccc3)cc2)nc1.[Ir]. The average Bonchev–Trinajstić information content (AvgIpc) is 3.56. The molecule has 0 fully saturated rings. The summed E-state index contributed by atoms with van der Waals surface area (Å²) in [6.45, 7) is 13.8. The van der Waals surface area contributed by atoms with Gasteiger partial charge in [-0.25, -0.2) is 0 Å². The largest absolute Gasteiger partial charge is 0.501 e. The molecule has 0 aliphatic heterocycles. The van der Waals surface area contributed by atoms with Crippen LogP contribution in [0.25, 0.3) is 66.7 Å². The number of fused-ring (bicyclic) bond motifs is 3. The van der Waals surface area contributed by atoms with Crippen LogP contribution in [0, 0.1) is 18.1 Å². The van der Waals surface area contributed by atoms with Gasteiger partial charge in [-0.2, -0.15) is 0 Å². The smallest absolute Gasteiger partial charge is 0.121 e. The van der Waals surface area contributed by atoms with Crippen molar-refractivity contribution in [2.24, 2.45) is 5.92 Å². The average molecular weight is 885 g/mol. The first-order valence-electron chi connectivity index (χ1n) is 18.1. The molecule has 8 rings (SSSR count). The summed E-state index contributed by atoms with van der Waals surface area (Å²) in [5.74, 6) is 1.04. The Morgan fingerprint density at radius 3 is 1.94 bits per heavy atom. The molecule has 3 nitrogen and oxygen atoms in total. The van der Waals surface area contributed by atoms with E-state index >= 15 is 0 Å². The van der Waals surface area contributed by atoms with Gasteiger partial charge in [-0.15, -0.1) is 48.0 Å². The standard InChI is InChI=1S/C28H24NO.C20H20NSi.Ir/c1-18(2)19(3)21-14-15-29-26(16-21)25-11-7-10-24-23-13-12-22(17-27(23)30-28(24)25)20-8-5-4-6-9-20;1-22(2,3)19-13-14-20(21-15-19)18-11-9-17(10-12-18)16-7-5-4-6-8-16;/h4-10,12-19H,1-3H3;4-11,13-15H,1-3H3;/q2*-1;. The van der Waals surface area contributed by atoms with E-state index in [1.54, 1.807) is 0 Å². The molecule has 53 heavy (non-hydrogen) atoms. The van der Waals surface area contributed by atoms with E-state index in [1.165, 1.54) is 27.4 Å². The topological polar surface area (TPSA) is 38.9 Å². The Labute approximate surface area is 328 Å². The van der Waals surface area contributed by atoms with Gasteiger partial charge in [0.1, 0.15) is 5.58 Å². The third-order valence-electron chi connectivity index (χ3n) is 9.93.